The first-order valence-corrected chi connectivity index (χ1v) is 5.42. The van der Waals surface area contributed by atoms with Crippen LogP contribution in [0.25, 0.3) is 0 Å². The van der Waals surface area contributed by atoms with Crippen LogP contribution in [0.15, 0.2) is 27.7 Å². The topological polar surface area (TPSA) is 41.9 Å². The van der Waals surface area contributed by atoms with Gasteiger partial charge in [-0.3, -0.25) is 0 Å². The first kappa shape index (κ1) is 12.7. The highest BCUT2D eigenvalue weighted by Gasteiger charge is 2.07. The number of esters is 1. The van der Waals surface area contributed by atoms with E-state index >= 15 is 0 Å². The number of rotatable bonds is 3. The third-order valence-corrected chi connectivity index (χ3v) is 2.43. The van der Waals surface area contributed by atoms with Crippen molar-refractivity contribution < 1.29 is 9.53 Å². The van der Waals surface area contributed by atoms with Crippen molar-refractivity contribution in [3.8, 4) is 0 Å². The lowest BCUT2D eigenvalue weighted by Gasteiger charge is -2.05. The molecule has 1 aromatic rings. The fraction of sp³-hybridized carbons (Fsp3) is 0.273. The molecule has 0 saturated carbocycles. The van der Waals surface area contributed by atoms with Gasteiger partial charge < -0.3 is 9.64 Å². The van der Waals surface area contributed by atoms with Gasteiger partial charge in [-0.15, -0.1) is 0 Å². The van der Waals surface area contributed by atoms with E-state index in [9.17, 15) is 4.79 Å². The molecule has 0 radical (unpaired) electrons. The van der Waals surface area contributed by atoms with Crippen molar-refractivity contribution in [2.75, 3.05) is 21.2 Å². The largest absolute Gasteiger partial charge is 0.465 e. The van der Waals surface area contributed by atoms with Crippen LogP contribution in [0.4, 0.5) is 5.69 Å². The fourth-order valence-corrected chi connectivity index (χ4v) is 1.52. The van der Waals surface area contributed by atoms with E-state index < -0.39 is 0 Å². The number of aliphatic imine (C=N–C) groups is 1. The summed E-state index contributed by atoms with van der Waals surface area (Å²) in [5.74, 6) is -0.358. The normalized spacial score (nSPS) is 10.5. The standard InChI is InChI=1S/C11H13BrN2O2/c1-14(2)7-13-10-5-4-8(6-9(10)12)11(15)16-3/h4-7H,1-3H3. The lowest BCUT2D eigenvalue weighted by Crippen LogP contribution is -2.07. The van der Waals surface area contributed by atoms with E-state index in [1.54, 1.807) is 24.5 Å². The van der Waals surface area contributed by atoms with Crippen molar-refractivity contribution in [1.82, 2.24) is 4.90 Å². The van der Waals surface area contributed by atoms with Crippen LogP contribution in [-0.2, 0) is 4.74 Å². The predicted molar refractivity (Wildman–Crippen MR) is 67.3 cm³/mol. The molecule has 0 heterocycles. The molecular formula is C11H13BrN2O2. The van der Waals surface area contributed by atoms with E-state index in [0.29, 0.717) is 5.56 Å². The average molecular weight is 285 g/mol. The summed E-state index contributed by atoms with van der Waals surface area (Å²) in [6, 6.07) is 5.13. The molecule has 0 amide bonds. The summed E-state index contributed by atoms with van der Waals surface area (Å²) in [4.78, 5) is 17.3. The van der Waals surface area contributed by atoms with Gasteiger partial charge in [0.15, 0.2) is 0 Å². The lowest BCUT2D eigenvalue weighted by molar-refractivity contribution is 0.0600. The molecule has 0 N–H and O–H groups in total. The Labute approximate surface area is 103 Å². The number of hydrogen-bond donors (Lipinski definition) is 0. The van der Waals surface area contributed by atoms with Crippen molar-refractivity contribution in [1.29, 1.82) is 0 Å². The van der Waals surface area contributed by atoms with Crippen LogP contribution in [0.5, 0.6) is 0 Å². The Hall–Kier alpha value is -1.36. The molecule has 16 heavy (non-hydrogen) atoms. The van der Waals surface area contributed by atoms with Crippen molar-refractivity contribution >= 4 is 33.9 Å². The highest BCUT2D eigenvalue weighted by molar-refractivity contribution is 9.10. The van der Waals surface area contributed by atoms with Gasteiger partial charge in [-0.25, -0.2) is 9.79 Å². The Morgan fingerprint density at radius 2 is 2.19 bits per heavy atom. The van der Waals surface area contributed by atoms with Crippen molar-refractivity contribution in [3.63, 3.8) is 0 Å². The van der Waals surface area contributed by atoms with E-state index in [2.05, 4.69) is 25.7 Å². The molecule has 0 aliphatic rings. The van der Waals surface area contributed by atoms with Crippen LogP contribution in [-0.4, -0.2) is 38.4 Å². The molecule has 0 aliphatic carbocycles. The zero-order chi connectivity index (χ0) is 12.1. The Morgan fingerprint density at radius 3 is 2.69 bits per heavy atom. The zero-order valence-corrected chi connectivity index (χ0v) is 11.0. The van der Waals surface area contributed by atoms with Gasteiger partial charge in [0.05, 0.1) is 24.7 Å². The number of hydrogen-bond acceptors (Lipinski definition) is 3. The van der Waals surface area contributed by atoms with Crippen LogP contribution in [0.3, 0.4) is 0 Å². The molecular weight excluding hydrogens is 272 g/mol. The van der Waals surface area contributed by atoms with Crippen molar-refractivity contribution in [2.45, 2.75) is 0 Å². The second-order valence-corrected chi connectivity index (χ2v) is 4.22. The third kappa shape index (κ3) is 3.34. The minimum Gasteiger partial charge on any atom is -0.465 e. The molecule has 0 saturated heterocycles. The smallest absolute Gasteiger partial charge is 0.337 e. The Kier molecular flexibility index (Phi) is 4.49. The van der Waals surface area contributed by atoms with Crippen molar-refractivity contribution in [3.05, 3.63) is 28.2 Å². The predicted octanol–water partition coefficient (Wildman–Crippen LogP) is 2.46. The second-order valence-electron chi connectivity index (χ2n) is 3.37. The van der Waals surface area contributed by atoms with E-state index in [-0.39, 0.29) is 5.97 Å². The zero-order valence-electron chi connectivity index (χ0n) is 9.40. The molecule has 0 bridgehead atoms. The maximum Gasteiger partial charge on any atom is 0.337 e. The first-order chi connectivity index (χ1) is 7.54. The highest BCUT2D eigenvalue weighted by Crippen LogP contribution is 2.26. The summed E-state index contributed by atoms with van der Waals surface area (Å²) in [6.07, 6.45) is 1.69. The van der Waals surface area contributed by atoms with Crippen molar-refractivity contribution in [2.24, 2.45) is 4.99 Å². The molecule has 1 aromatic carbocycles. The summed E-state index contributed by atoms with van der Waals surface area (Å²) in [7, 11) is 5.13. The average Bonchev–Trinajstić information content (AvgIpc) is 2.26. The van der Waals surface area contributed by atoms with E-state index in [4.69, 9.17) is 0 Å². The number of nitrogens with zero attached hydrogens (tertiary/aromatic N) is 2. The minimum absolute atomic E-state index is 0.358. The maximum absolute atomic E-state index is 11.3. The van der Waals surface area contributed by atoms with Gasteiger partial charge in [-0.05, 0) is 34.1 Å². The van der Waals surface area contributed by atoms with Crippen LogP contribution < -0.4 is 0 Å². The number of methoxy groups -OCH3 is 1. The maximum atomic E-state index is 11.3. The minimum atomic E-state index is -0.358. The Balaban J connectivity index is 2.96. The number of carbonyl (C=O) groups excluding carboxylic acids is 1. The fourth-order valence-electron chi connectivity index (χ4n) is 1.03. The third-order valence-electron chi connectivity index (χ3n) is 1.80. The number of halogens is 1. The van der Waals surface area contributed by atoms with Crippen LogP contribution in [0.1, 0.15) is 10.4 Å². The van der Waals surface area contributed by atoms with Gasteiger partial charge in [-0.2, -0.15) is 0 Å². The van der Waals surface area contributed by atoms with E-state index in [1.807, 2.05) is 19.0 Å². The number of ether oxygens (including phenoxy) is 1. The van der Waals surface area contributed by atoms with Gasteiger partial charge in [0.25, 0.3) is 0 Å². The summed E-state index contributed by atoms with van der Waals surface area (Å²) in [5, 5.41) is 0. The van der Waals surface area contributed by atoms with E-state index in [0.717, 1.165) is 10.2 Å². The molecule has 0 aliphatic heterocycles. The quantitative estimate of drug-likeness (QED) is 0.486. The number of benzene rings is 1. The van der Waals surface area contributed by atoms with Crippen LogP contribution in [0, 0.1) is 0 Å². The summed E-state index contributed by atoms with van der Waals surface area (Å²) in [5.41, 5.74) is 1.26. The Bertz CT molecular complexity index is 416. The molecule has 1 rings (SSSR count). The molecule has 0 spiro atoms. The first-order valence-electron chi connectivity index (χ1n) is 4.63. The Morgan fingerprint density at radius 1 is 1.50 bits per heavy atom. The second kappa shape index (κ2) is 5.65. The van der Waals surface area contributed by atoms with Gasteiger partial charge in [0, 0.05) is 18.6 Å². The van der Waals surface area contributed by atoms with Gasteiger partial charge >= 0.3 is 5.97 Å². The monoisotopic (exact) mass is 284 g/mol. The summed E-state index contributed by atoms with van der Waals surface area (Å²) in [6.45, 7) is 0. The molecule has 86 valence electrons. The molecule has 0 unspecified atom stereocenters. The molecule has 0 fully saturated rings. The van der Waals surface area contributed by atoms with Gasteiger partial charge in [0.1, 0.15) is 0 Å². The highest BCUT2D eigenvalue weighted by atomic mass is 79.9. The summed E-state index contributed by atoms with van der Waals surface area (Å²) < 4.78 is 5.38. The van der Waals surface area contributed by atoms with Crippen LogP contribution in [0.2, 0.25) is 0 Å². The molecule has 4 nitrogen and oxygen atoms in total. The molecule has 0 aromatic heterocycles. The van der Waals surface area contributed by atoms with Gasteiger partial charge in [0.2, 0.25) is 0 Å². The van der Waals surface area contributed by atoms with E-state index in [1.165, 1.54) is 7.11 Å². The lowest BCUT2D eigenvalue weighted by atomic mass is 10.2. The number of carbonyl (C=O) groups is 1. The SMILES string of the molecule is COC(=O)c1ccc(N=CN(C)C)c(Br)c1. The van der Waals surface area contributed by atoms with Crippen LogP contribution >= 0.6 is 15.9 Å². The summed E-state index contributed by atoms with van der Waals surface area (Å²) >= 11 is 3.35. The molecule has 0 atom stereocenters. The molecule has 5 heteroatoms. The van der Waals surface area contributed by atoms with Gasteiger partial charge in [-0.1, -0.05) is 0 Å².